The van der Waals surface area contributed by atoms with E-state index in [2.05, 4.69) is 42.5 Å². The summed E-state index contributed by atoms with van der Waals surface area (Å²) in [7, 11) is 0. The summed E-state index contributed by atoms with van der Waals surface area (Å²) < 4.78 is 0. The molecule has 10 atom stereocenters. The molecule has 0 radical (unpaired) electrons. The van der Waals surface area contributed by atoms with Crippen molar-refractivity contribution in [2.45, 2.75) is 229 Å². The number of aliphatic carboxylic acids is 2. The van der Waals surface area contributed by atoms with E-state index in [1.807, 2.05) is 113 Å². The Kier molecular flexibility index (Phi) is 27.7. The first-order valence-electron chi connectivity index (χ1n) is 33.7. The van der Waals surface area contributed by atoms with Crippen LogP contribution in [0, 0.1) is 0 Å². The van der Waals surface area contributed by atoms with E-state index in [0.717, 1.165) is 21.5 Å². The van der Waals surface area contributed by atoms with Crippen LogP contribution in [0.15, 0.2) is 84.9 Å². The SMILES string of the molecule is CCCC[C@@H]1NC(=O)[C@H](CCC(=O)O)NC(=O)[C@H](CCCC)NC(=O)[C@@H]2CCCN2C(=O)[C@@H](Cc2cccc3ccccc23)NC(=O)[C@H](CCCC)NC(=O)[C@H](CCC(=O)O)NC(=O)[C@H](CCCC)NC(=O)[C@@H]2CCCN2C(=O)[C@@H](Cc2cccc3ccccc23)NC1=O. The van der Waals surface area contributed by atoms with E-state index >= 15 is 9.59 Å². The Morgan fingerprint density at radius 2 is 0.649 bits per heavy atom. The van der Waals surface area contributed by atoms with E-state index in [1.54, 1.807) is 0 Å². The molecule has 4 aromatic rings. The van der Waals surface area contributed by atoms with Gasteiger partial charge in [0.2, 0.25) is 59.1 Å². The Morgan fingerprint density at radius 1 is 0.372 bits per heavy atom. The third-order valence-electron chi connectivity index (χ3n) is 18.0. The Bertz CT molecular complexity index is 3130. The smallest absolute Gasteiger partial charge is 0.303 e. The van der Waals surface area contributed by atoms with Gasteiger partial charge in [0, 0.05) is 38.8 Å². The number of nitrogens with one attached hydrogen (secondary N) is 8. The number of carboxylic acid groups (broad SMARTS) is 2. The molecular formula is C70H94N10O14. The first-order chi connectivity index (χ1) is 45.2. The zero-order chi connectivity index (χ0) is 67.8. The largest absolute Gasteiger partial charge is 0.481 e. The quantitative estimate of drug-likeness (QED) is 0.0487. The van der Waals surface area contributed by atoms with Gasteiger partial charge in [0.25, 0.3) is 0 Å². The first-order valence-corrected chi connectivity index (χ1v) is 33.7. The van der Waals surface area contributed by atoms with Crippen LogP contribution in [0.5, 0.6) is 0 Å². The second-order valence-electron chi connectivity index (χ2n) is 25.0. The predicted molar refractivity (Wildman–Crippen MR) is 352 cm³/mol. The second kappa shape index (κ2) is 35.9. The van der Waals surface area contributed by atoms with Crippen LogP contribution in [0.3, 0.4) is 0 Å². The average Bonchev–Trinajstić information content (AvgIpc) is 1.57. The van der Waals surface area contributed by atoms with Crippen molar-refractivity contribution in [3.8, 4) is 0 Å². The maximum Gasteiger partial charge on any atom is 0.303 e. The molecule has 508 valence electrons. The van der Waals surface area contributed by atoms with E-state index < -0.39 is 157 Å². The van der Waals surface area contributed by atoms with E-state index in [-0.39, 0.29) is 64.5 Å². The molecular weight excluding hydrogens is 1200 g/mol. The van der Waals surface area contributed by atoms with Gasteiger partial charge in [-0.3, -0.25) is 57.5 Å². The number of carbonyl (C=O) groups excluding carboxylic acids is 10. The van der Waals surface area contributed by atoms with Crippen molar-refractivity contribution in [1.29, 1.82) is 0 Å². The third-order valence-corrected chi connectivity index (χ3v) is 18.0. The van der Waals surface area contributed by atoms with Crippen molar-refractivity contribution in [3.63, 3.8) is 0 Å². The number of unbranched alkanes of at least 4 members (excludes halogenated alkanes) is 4. The number of hydrogen-bond donors (Lipinski definition) is 10. The highest BCUT2D eigenvalue weighted by atomic mass is 16.4. The van der Waals surface area contributed by atoms with Gasteiger partial charge >= 0.3 is 11.9 Å². The summed E-state index contributed by atoms with van der Waals surface area (Å²) >= 11 is 0. The number of fused-ring (bicyclic) bond motifs is 4. The molecule has 0 saturated carbocycles. The van der Waals surface area contributed by atoms with Crippen LogP contribution in [0.2, 0.25) is 0 Å². The highest BCUT2D eigenvalue weighted by Crippen LogP contribution is 2.27. The summed E-state index contributed by atoms with van der Waals surface area (Å²) in [4.78, 5) is 176. The third kappa shape index (κ3) is 20.0. The first kappa shape index (κ1) is 72.5. The number of carboxylic acids is 2. The fraction of sp³-hybridized carbons (Fsp3) is 0.543. The lowest BCUT2D eigenvalue weighted by Gasteiger charge is -2.32. The number of hydrogen-bond acceptors (Lipinski definition) is 12. The van der Waals surface area contributed by atoms with Crippen molar-refractivity contribution in [2.75, 3.05) is 13.1 Å². The van der Waals surface area contributed by atoms with Gasteiger partial charge in [-0.25, -0.2) is 0 Å². The van der Waals surface area contributed by atoms with E-state index in [1.165, 1.54) is 9.80 Å². The van der Waals surface area contributed by atoms with Gasteiger partial charge in [-0.2, -0.15) is 0 Å². The zero-order valence-corrected chi connectivity index (χ0v) is 54.5. The minimum absolute atomic E-state index is 0.0509. The minimum Gasteiger partial charge on any atom is -0.481 e. The van der Waals surface area contributed by atoms with E-state index in [4.69, 9.17) is 0 Å². The Hall–Kier alpha value is -8.96. The van der Waals surface area contributed by atoms with Gasteiger partial charge in [0.05, 0.1) is 0 Å². The summed E-state index contributed by atoms with van der Waals surface area (Å²) in [5.74, 6) is -10.3. The van der Waals surface area contributed by atoms with Crippen molar-refractivity contribution in [2.24, 2.45) is 0 Å². The molecule has 3 saturated heterocycles. The fourth-order valence-corrected chi connectivity index (χ4v) is 12.7. The molecule has 24 heteroatoms. The van der Waals surface area contributed by atoms with Crippen LogP contribution in [-0.2, 0) is 70.4 Å². The predicted octanol–water partition coefficient (Wildman–Crippen LogP) is 5.14. The molecule has 0 aromatic heterocycles. The second-order valence-corrected chi connectivity index (χ2v) is 25.0. The van der Waals surface area contributed by atoms with Gasteiger partial charge in [-0.15, -0.1) is 0 Å². The molecule has 3 aliphatic rings. The monoisotopic (exact) mass is 1300 g/mol. The normalized spacial score (nSPS) is 24.4. The number of nitrogens with zero attached hydrogens (tertiary/aromatic N) is 2. The molecule has 0 unspecified atom stereocenters. The summed E-state index contributed by atoms with van der Waals surface area (Å²) in [6.45, 7) is 7.65. The zero-order valence-electron chi connectivity index (χ0n) is 54.5. The van der Waals surface area contributed by atoms with Gasteiger partial charge in [0.15, 0.2) is 0 Å². The number of benzene rings is 4. The van der Waals surface area contributed by atoms with Crippen LogP contribution in [0.4, 0.5) is 0 Å². The van der Waals surface area contributed by atoms with Crippen molar-refractivity contribution in [3.05, 3.63) is 96.1 Å². The summed E-state index contributed by atoms with van der Waals surface area (Å²) in [6, 6.07) is 12.6. The standard InChI is InChI=1S/C70H94N10O14/c1-5-9-29-49-63(87)77-55(41-45-25-17-23-43-21-13-15-27-47(43)45)69(93)79-39-19-33-57(79)67(91)76-52(32-12-8-4)62(86)74-54(36-38-60(83)84)66(90)72-50(30-10-6-2)64(88)78-56(42-46-26-18-24-44-22-14-16-28-48(44)46)70(94)80-40-20-34-58(80)68(92)75-51(31-11-7-3)61(85)73-53(65(89)71-49)35-37-59(81)82/h13-18,21-28,49-58H,5-12,19-20,29-42H2,1-4H3,(H,71,89)(H,72,90)(H,73,85)(H,74,86)(H,75,92)(H,76,91)(H,77,87)(H,78,88)(H,81,82)(H,83,84)/t49-,50-,51-,52-,53-,54-,55+,56+,57-,58-/m0/s1. The Balaban J connectivity index is 1.31. The van der Waals surface area contributed by atoms with Gasteiger partial charge in [-0.05, 0) is 96.9 Å². The maximum absolute atomic E-state index is 15.3. The molecule has 10 amide bonds. The number of rotatable bonds is 22. The molecule has 4 aromatic carbocycles. The van der Waals surface area contributed by atoms with Crippen LogP contribution in [-0.4, -0.2) is 165 Å². The Labute approximate surface area is 549 Å². The van der Waals surface area contributed by atoms with Gasteiger partial charge in [-0.1, -0.05) is 164 Å². The van der Waals surface area contributed by atoms with Crippen LogP contribution >= 0.6 is 0 Å². The number of amides is 10. The lowest BCUT2D eigenvalue weighted by Crippen LogP contribution is -2.61. The van der Waals surface area contributed by atoms with Gasteiger partial charge in [0.1, 0.15) is 60.4 Å². The highest BCUT2D eigenvalue weighted by molar-refractivity contribution is 6.01. The summed E-state index contributed by atoms with van der Waals surface area (Å²) in [5.41, 5.74) is 1.35. The van der Waals surface area contributed by atoms with E-state index in [9.17, 15) is 58.2 Å². The van der Waals surface area contributed by atoms with Crippen LogP contribution in [0.25, 0.3) is 21.5 Å². The minimum atomic E-state index is -1.55. The van der Waals surface area contributed by atoms with Crippen LogP contribution in [0.1, 0.15) is 167 Å². The molecule has 10 N–H and O–H groups in total. The molecule has 0 aliphatic carbocycles. The van der Waals surface area contributed by atoms with E-state index in [0.29, 0.717) is 75.3 Å². The molecule has 7 rings (SSSR count). The maximum atomic E-state index is 15.3. The topological polar surface area (TPSA) is 348 Å². The highest BCUT2D eigenvalue weighted by Gasteiger charge is 2.43. The molecule has 3 heterocycles. The van der Waals surface area contributed by atoms with Crippen molar-refractivity contribution in [1.82, 2.24) is 52.3 Å². The fourth-order valence-electron chi connectivity index (χ4n) is 12.7. The summed E-state index contributed by atoms with van der Waals surface area (Å²) in [5, 5.41) is 45.4. The van der Waals surface area contributed by atoms with Crippen LogP contribution < -0.4 is 42.5 Å². The van der Waals surface area contributed by atoms with Crippen molar-refractivity contribution < 1.29 is 67.7 Å². The lowest BCUT2D eigenvalue weighted by molar-refractivity contribution is -0.143. The molecule has 0 spiro atoms. The molecule has 94 heavy (non-hydrogen) atoms. The summed E-state index contributed by atoms with van der Waals surface area (Å²) in [6.07, 6.45) is 3.03. The molecule has 0 bridgehead atoms. The lowest BCUT2D eigenvalue weighted by atomic mass is 9.97. The molecule has 3 fully saturated rings. The van der Waals surface area contributed by atoms with Crippen molar-refractivity contribution >= 4 is 92.6 Å². The average molecular weight is 1300 g/mol. The molecule has 3 aliphatic heterocycles. The number of carbonyl (C=O) groups is 12. The molecule has 24 nitrogen and oxygen atoms in total. The van der Waals surface area contributed by atoms with Gasteiger partial charge < -0.3 is 62.5 Å². The Morgan fingerprint density at radius 3 is 0.957 bits per heavy atom.